The number of hydrogen-bond acceptors (Lipinski definition) is 5. The standard InChI is InChI=1S/C12H18F3N5O/c1-7(2)5-20(6-9(16)21)11-4-8(12(13,14)15)3-10(18-11)19-17/h3-4,7H,5-6,17H2,1-2H3,(H2,16,21)(H,18,19). The minimum Gasteiger partial charge on any atom is -0.368 e. The van der Waals surface area contributed by atoms with Crippen LogP contribution in [-0.4, -0.2) is 24.0 Å². The van der Waals surface area contributed by atoms with E-state index < -0.39 is 17.6 Å². The molecule has 0 saturated heterocycles. The summed E-state index contributed by atoms with van der Waals surface area (Å²) in [5.41, 5.74) is 6.31. The van der Waals surface area contributed by atoms with Crippen LogP contribution in [0.1, 0.15) is 19.4 Å². The lowest BCUT2D eigenvalue weighted by Crippen LogP contribution is -2.37. The molecule has 1 aromatic rings. The second-order valence-corrected chi connectivity index (χ2v) is 4.98. The number of amides is 1. The molecule has 118 valence electrons. The number of anilines is 2. The van der Waals surface area contributed by atoms with Crippen LogP contribution in [0.25, 0.3) is 0 Å². The molecule has 6 nitrogen and oxygen atoms in total. The van der Waals surface area contributed by atoms with E-state index in [0.717, 1.165) is 12.1 Å². The van der Waals surface area contributed by atoms with Crippen LogP contribution in [0.4, 0.5) is 24.8 Å². The van der Waals surface area contributed by atoms with Crippen molar-refractivity contribution in [2.75, 3.05) is 23.4 Å². The maximum Gasteiger partial charge on any atom is 0.416 e. The summed E-state index contributed by atoms with van der Waals surface area (Å²) in [6.07, 6.45) is -4.54. The van der Waals surface area contributed by atoms with Gasteiger partial charge in [0.25, 0.3) is 0 Å². The normalized spacial score (nSPS) is 11.6. The molecule has 1 heterocycles. The van der Waals surface area contributed by atoms with Gasteiger partial charge in [-0.2, -0.15) is 13.2 Å². The lowest BCUT2D eigenvalue weighted by Gasteiger charge is -2.25. The summed E-state index contributed by atoms with van der Waals surface area (Å²) in [4.78, 5) is 16.4. The zero-order valence-corrected chi connectivity index (χ0v) is 11.7. The Bertz CT molecular complexity index is 504. The molecule has 0 unspecified atom stereocenters. The number of pyridine rings is 1. The number of carbonyl (C=O) groups is 1. The van der Waals surface area contributed by atoms with E-state index in [2.05, 4.69) is 10.4 Å². The Balaban J connectivity index is 3.25. The molecule has 0 aliphatic rings. The predicted octanol–water partition coefficient (Wildman–Crippen LogP) is 1.33. The Morgan fingerprint density at radius 1 is 1.43 bits per heavy atom. The molecule has 5 N–H and O–H groups in total. The molecule has 21 heavy (non-hydrogen) atoms. The van der Waals surface area contributed by atoms with E-state index in [-0.39, 0.29) is 24.1 Å². The number of hydrazine groups is 1. The van der Waals surface area contributed by atoms with Crippen molar-refractivity contribution in [3.05, 3.63) is 17.7 Å². The van der Waals surface area contributed by atoms with Crippen molar-refractivity contribution >= 4 is 17.5 Å². The van der Waals surface area contributed by atoms with Crippen molar-refractivity contribution in [3.63, 3.8) is 0 Å². The Morgan fingerprint density at radius 3 is 2.48 bits per heavy atom. The minimum absolute atomic E-state index is 0.00900. The predicted molar refractivity (Wildman–Crippen MR) is 73.3 cm³/mol. The van der Waals surface area contributed by atoms with Gasteiger partial charge >= 0.3 is 6.18 Å². The average molecular weight is 305 g/mol. The number of nitrogen functional groups attached to an aromatic ring is 1. The fraction of sp³-hybridized carbons (Fsp3) is 0.500. The largest absolute Gasteiger partial charge is 0.416 e. The van der Waals surface area contributed by atoms with Gasteiger partial charge in [0, 0.05) is 6.54 Å². The SMILES string of the molecule is CC(C)CN(CC(N)=O)c1cc(C(F)(F)F)cc(NN)n1. The molecule has 1 aromatic heterocycles. The van der Waals surface area contributed by atoms with E-state index in [0.29, 0.717) is 6.54 Å². The van der Waals surface area contributed by atoms with Crippen LogP contribution in [0.2, 0.25) is 0 Å². The highest BCUT2D eigenvalue weighted by Crippen LogP contribution is 2.32. The first-order valence-corrected chi connectivity index (χ1v) is 6.22. The van der Waals surface area contributed by atoms with Gasteiger partial charge in [-0.3, -0.25) is 4.79 Å². The molecule has 0 radical (unpaired) electrons. The fourth-order valence-electron chi connectivity index (χ4n) is 1.78. The van der Waals surface area contributed by atoms with Gasteiger partial charge in [0.05, 0.1) is 12.1 Å². The number of carbonyl (C=O) groups excluding carboxylic acids is 1. The maximum absolute atomic E-state index is 12.9. The molecule has 9 heteroatoms. The first kappa shape index (κ1) is 17.0. The number of nitrogens with one attached hydrogen (secondary N) is 1. The molecule has 0 saturated carbocycles. The summed E-state index contributed by atoms with van der Waals surface area (Å²) in [5, 5.41) is 0. The Morgan fingerprint density at radius 2 is 2.05 bits per heavy atom. The Kier molecular flexibility index (Phi) is 5.36. The van der Waals surface area contributed by atoms with Gasteiger partial charge < -0.3 is 16.1 Å². The smallest absolute Gasteiger partial charge is 0.368 e. The van der Waals surface area contributed by atoms with Gasteiger partial charge in [-0.25, -0.2) is 10.8 Å². The number of halogens is 3. The van der Waals surface area contributed by atoms with E-state index in [9.17, 15) is 18.0 Å². The number of primary amides is 1. The maximum atomic E-state index is 12.9. The zero-order valence-electron chi connectivity index (χ0n) is 11.7. The van der Waals surface area contributed by atoms with Gasteiger partial charge in [0.2, 0.25) is 5.91 Å². The van der Waals surface area contributed by atoms with E-state index in [4.69, 9.17) is 11.6 Å². The van der Waals surface area contributed by atoms with Gasteiger partial charge in [0.1, 0.15) is 11.6 Å². The molecule has 0 bridgehead atoms. The van der Waals surface area contributed by atoms with Crippen LogP contribution < -0.4 is 21.9 Å². The number of alkyl halides is 3. The van der Waals surface area contributed by atoms with Gasteiger partial charge in [0.15, 0.2) is 0 Å². The van der Waals surface area contributed by atoms with Gasteiger partial charge in [-0.05, 0) is 18.1 Å². The molecule has 0 fully saturated rings. The number of nitrogens with zero attached hydrogens (tertiary/aromatic N) is 2. The van der Waals surface area contributed by atoms with Gasteiger partial charge in [-0.15, -0.1) is 0 Å². The van der Waals surface area contributed by atoms with Crippen molar-refractivity contribution in [1.82, 2.24) is 4.98 Å². The zero-order chi connectivity index (χ0) is 16.2. The molecular formula is C12H18F3N5O. The fourth-order valence-corrected chi connectivity index (χ4v) is 1.78. The van der Waals surface area contributed by atoms with Crippen molar-refractivity contribution in [1.29, 1.82) is 0 Å². The van der Waals surface area contributed by atoms with Crippen molar-refractivity contribution in [3.8, 4) is 0 Å². The summed E-state index contributed by atoms with van der Waals surface area (Å²) in [5.74, 6) is 4.44. The van der Waals surface area contributed by atoms with Crippen molar-refractivity contribution < 1.29 is 18.0 Å². The molecule has 0 aromatic carbocycles. The molecule has 0 spiro atoms. The van der Waals surface area contributed by atoms with Crippen LogP contribution in [0, 0.1) is 5.92 Å². The lowest BCUT2D eigenvalue weighted by molar-refractivity contribution is -0.137. The quantitative estimate of drug-likeness (QED) is 0.544. The first-order valence-electron chi connectivity index (χ1n) is 6.22. The van der Waals surface area contributed by atoms with Crippen molar-refractivity contribution in [2.45, 2.75) is 20.0 Å². The summed E-state index contributed by atoms with van der Waals surface area (Å²) < 4.78 is 38.6. The van der Waals surface area contributed by atoms with E-state index in [1.54, 1.807) is 0 Å². The Hall–Kier alpha value is -2.03. The van der Waals surface area contributed by atoms with Crippen LogP contribution in [0.15, 0.2) is 12.1 Å². The molecule has 1 rings (SSSR count). The van der Waals surface area contributed by atoms with Crippen LogP contribution in [-0.2, 0) is 11.0 Å². The summed E-state index contributed by atoms with van der Waals surface area (Å²) >= 11 is 0. The second-order valence-electron chi connectivity index (χ2n) is 4.98. The van der Waals surface area contributed by atoms with Crippen LogP contribution >= 0.6 is 0 Å². The molecule has 0 aliphatic heterocycles. The van der Waals surface area contributed by atoms with E-state index in [1.807, 2.05) is 13.8 Å². The third-order valence-corrected chi connectivity index (χ3v) is 2.54. The van der Waals surface area contributed by atoms with Crippen molar-refractivity contribution in [2.24, 2.45) is 17.5 Å². The highest BCUT2D eigenvalue weighted by molar-refractivity contribution is 5.79. The second kappa shape index (κ2) is 6.61. The number of nitrogens with two attached hydrogens (primary N) is 2. The summed E-state index contributed by atoms with van der Waals surface area (Å²) in [6.45, 7) is 3.84. The highest BCUT2D eigenvalue weighted by Gasteiger charge is 2.32. The lowest BCUT2D eigenvalue weighted by atomic mass is 10.2. The Labute approximate surface area is 120 Å². The van der Waals surface area contributed by atoms with Crippen LogP contribution in [0.3, 0.4) is 0 Å². The summed E-state index contributed by atoms with van der Waals surface area (Å²) in [7, 11) is 0. The minimum atomic E-state index is -4.54. The highest BCUT2D eigenvalue weighted by atomic mass is 19.4. The van der Waals surface area contributed by atoms with E-state index in [1.165, 1.54) is 4.90 Å². The van der Waals surface area contributed by atoms with E-state index >= 15 is 0 Å². The molecule has 0 atom stereocenters. The van der Waals surface area contributed by atoms with Gasteiger partial charge in [-0.1, -0.05) is 13.8 Å². The number of rotatable bonds is 6. The third kappa shape index (κ3) is 5.10. The number of hydrogen-bond donors (Lipinski definition) is 3. The molecule has 0 aliphatic carbocycles. The average Bonchev–Trinajstić information content (AvgIpc) is 2.35. The van der Waals surface area contributed by atoms with Crippen LogP contribution in [0.5, 0.6) is 0 Å². The summed E-state index contributed by atoms with van der Waals surface area (Å²) in [6, 6.07) is 1.66. The number of aromatic nitrogens is 1. The molecular weight excluding hydrogens is 287 g/mol. The third-order valence-electron chi connectivity index (χ3n) is 2.54. The molecule has 1 amide bonds. The monoisotopic (exact) mass is 305 g/mol. The topological polar surface area (TPSA) is 97.3 Å². The first-order chi connectivity index (χ1) is 9.63.